The maximum atomic E-state index is 12.7. The van der Waals surface area contributed by atoms with Gasteiger partial charge >= 0.3 is 0 Å². The fraction of sp³-hybridized carbons (Fsp3) is 0.286. The van der Waals surface area contributed by atoms with Crippen molar-refractivity contribution in [3.05, 3.63) is 118 Å². The molecule has 0 unspecified atom stereocenters. The van der Waals surface area contributed by atoms with Gasteiger partial charge in [-0.15, -0.1) is 0 Å². The highest BCUT2D eigenvalue weighted by molar-refractivity contribution is 5.94. The van der Waals surface area contributed by atoms with Crippen LogP contribution in [0.5, 0.6) is 11.5 Å². The number of nitrogens with zero attached hydrogens (tertiary/aromatic N) is 1. The van der Waals surface area contributed by atoms with Crippen molar-refractivity contribution in [2.24, 2.45) is 0 Å². The van der Waals surface area contributed by atoms with Gasteiger partial charge in [0.25, 0.3) is 5.91 Å². The third-order valence-corrected chi connectivity index (χ3v) is 7.36. The standard InChI is InChI=1S/C35H41N5O5/c1-23(37-22-30(41)29-12-14-33(36)38-21-29)15-25-5-4-6-26(16-25)18-34(42)39-19-24-7-10-28(11-8-24)35(43)40-20-27-9-13-31(44-2)32(17-27)45-3/h4-14,16-17,21,23,30,37,41H,15,18-20,22H2,1-3H3,(H2,36,38)(H,39,42)(H,40,43)/t23-,30-/m1/s1. The van der Waals surface area contributed by atoms with Crippen molar-refractivity contribution in [1.29, 1.82) is 0 Å². The van der Waals surface area contributed by atoms with Crippen LogP contribution >= 0.6 is 0 Å². The highest BCUT2D eigenvalue weighted by Gasteiger charge is 2.12. The first kappa shape index (κ1) is 33.0. The molecule has 0 spiro atoms. The molecule has 0 saturated heterocycles. The Hall–Kier alpha value is -4.93. The molecule has 10 nitrogen and oxygen atoms in total. The van der Waals surface area contributed by atoms with Crippen molar-refractivity contribution in [2.45, 2.75) is 45.0 Å². The molecular weight excluding hydrogens is 570 g/mol. The average molecular weight is 612 g/mol. The molecule has 2 atom stereocenters. The first-order valence-electron chi connectivity index (χ1n) is 14.8. The van der Waals surface area contributed by atoms with Crippen LogP contribution in [0.4, 0.5) is 5.82 Å². The zero-order chi connectivity index (χ0) is 32.2. The summed E-state index contributed by atoms with van der Waals surface area (Å²) in [7, 11) is 3.15. The smallest absolute Gasteiger partial charge is 0.251 e. The first-order valence-corrected chi connectivity index (χ1v) is 14.8. The predicted molar refractivity (Wildman–Crippen MR) is 174 cm³/mol. The molecule has 10 heteroatoms. The number of ether oxygens (including phenoxy) is 2. The monoisotopic (exact) mass is 611 g/mol. The molecule has 45 heavy (non-hydrogen) atoms. The van der Waals surface area contributed by atoms with E-state index in [2.05, 4.69) is 27.9 Å². The molecule has 4 aromatic rings. The van der Waals surface area contributed by atoms with Gasteiger partial charge in [0.15, 0.2) is 11.5 Å². The van der Waals surface area contributed by atoms with E-state index in [0.717, 1.165) is 28.7 Å². The minimum absolute atomic E-state index is 0.0877. The van der Waals surface area contributed by atoms with Crippen molar-refractivity contribution >= 4 is 17.6 Å². The van der Waals surface area contributed by atoms with Crippen LogP contribution in [-0.2, 0) is 30.7 Å². The van der Waals surface area contributed by atoms with Crippen molar-refractivity contribution in [3.8, 4) is 11.5 Å². The Kier molecular flexibility index (Phi) is 11.9. The number of amides is 2. The van der Waals surface area contributed by atoms with Crippen LogP contribution in [-0.4, -0.2) is 48.7 Å². The van der Waals surface area contributed by atoms with Crippen LogP contribution in [0.3, 0.4) is 0 Å². The van der Waals surface area contributed by atoms with Gasteiger partial charge in [-0.05, 0) is 65.9 Å². The zero-order valence-electron chi connectivity index (χ0n) is 25.9. The van der Waals surface area contributed by atoms with E-state index in [0.29, 0.717) is 48.1 Å². The summed E-state index contributed by atoms with van der Waals surface area (Å²) in [4.78, 5) is 29.4. The van der Waals surface area contributed by atoms with E-state index in [1.165, 1.54) is 0 Å². The number of benzene rings is 3. The Labute approximate surface area is 264 Å². The molecule has 2 amide bonds. The molecule has 4 rings (SSSR count). The third kappa shape index (κ3) is 10.1. The minimum atomic E-state index is -0.681. The summed E-state index contributed by atoms with van der Waals surface area (Å²) in [5.74, 6) is 1.37. The number of methoxy groups -OCH3 is 2. The lowest BCUT2D eigenvalue weighted by atomic mass is 10.0. The number of anilines is 1. The molecule has 3 aromatic carbocycles. The highest BCUT2D eigenvalue weighted by Crippen LogP contribution is 2.27. The zero-order valence-corrected chi connectivity index (χ0v) is 25.9. The molecule has 1 heterocycles. The van der Waals surface area contributed by atoms with E-state index in [9.17, 15) is 14.7 Å². The number of nitrogens with two attached hydrogens (primary N) is 1. The van der Waals surface area contributed by atoms with Gasteiger partial charge < -0.3 is 36.3 Å². The van der Waals surface area contributed by atoms with Gasteiger partial charge in [0.2, 0.25) is 5.91 Å². The minimum Gasteiger partial charge on any atom is -0.493 e. The Morgan fingerprint density at radius 1 is 0.844 bits per heavy atom. The number of carbonyl (C=O) groups excluding carboxylic acids is 2. The molecule has 0 radical (unpaired) electrons. The number of aromatic nitrogens is 1. The summed E-state index contributed by atoms with van der Waals surface area (Å²) in [6, 6.07) is 24.2. The normalized spacial score (nSPS) is 12.2. The summed E-state index contributed by atoms with van der Waals surface area (Å²) in [5, 5.41) is 19.6. The van der Waals surface area contributed by atoms with Gasteiger partial charge in [0.1, 0.15) is 5.82 Å². The number of hydrogen-bond donors (Lipinski definition) is 5. The van der Waals surface area contributed by atoms with Crippen molar-refractivity contribution in [3.63, 3.8) is 0 Å². The van der Waals surface area contributed by atoms with E-state index >= 15 is 0 Å². The molecule has 6 N–H and O–H groups in total. The SMILES string of the molecule is COc1ccc(CNC(=O)c2ccc(CNC(=O)Cc3cccc(C[C@@H](C)NC[C@@H](O)c4ccc(N)nc4)c3)cc2)cc1OC. The molecule has 0 saturated carbocycles. The Morgan fingerprint density at radius 3 is 2.27 bits per heavy atom. The van der Waals surface area contributed by atoms with E-state index in [1.54, 1.807) is 50.7 Å². The number of aliphatic hydroxyl groups excluding tert-OH is 1. The lowest BCUT2D eigenvalue weighted by Crippen LogP contribution is -2.32. The Bertz CT molecular complexity index is 1560. The predicted octanol–water partition coefficient (Wildman–Crippen LogP) is 3.72. The van der Waals surface area contributed by atoms with Gasteiger partial charge in [0, 0.05) is 43.0 Å². The number of nitrogens with one attached hydrogen (secondary N) is 3. The van der Waals surface area contributed by atoms with Gasteiger partial charge in [-0.2, -0.15) is 0 Å². The van der Waals surface area contributed by atoms with Crippen LogP contribution in [0, 0.1) is 0 Å². The second-order valence-corrected chi connectivity index (χ2v) is 10.9. The van der Waals surface area contributed by atoms with E-state index in [1.807, 2.05) is 48.5 Å². The fourth-order valence-corrected chi connectivity index (χ4v) is 4.83. The van der Waals surface area contributed by atoms with Crippen LogP contribution in [0.25, 0.3) is 0 Å². The molecule has 0 aliphatic heterocycles. The Balaban J connectivity index is 1.20. The molecular formula is C35H41N5O5. The second kappa shape index (κ2) is 16.2. The third-order valence-electron chi connectivity index (χ3n) is 7.36. The Morgan fingerprint density at radius 2 is 1.56 bits per heavy atom. The van der Waals surface area contributed by atoms with Gasteiger partial charge in [-0.3, -0.25) is 9.59 Å². The van der Waals surface area contributed by atoms with Crippen molar-refractivity contribution < 1.29 is 24.2 Å². The molecule has 0 aliphatic rings. The van der Waals surface area contributed by atoms with Crippen molar-refractivity contribution in [2.75, 3.05) is 26.5 Å². The maximum Gasteiger partial charge on any atom is 0.251 e. The number of aliphatic hydroxyl groups is 1. The fourth-order valence-electron chi connectivity index (χ4n) is 4.83. The number of pyridine rings is 1. The molecule has 0 fully saturated rings. The molecule has 0 aliphatic carbocycles. The summed E-state index contributed by atoms with van der Waals surface area (Å²) in [6.07, 6.45) is 1.91. The molecule has 1 aromatic heterocycles. The van der Waals surface area contributed by atoms with Crippen LogP contribution < -0.4 is 31.2 Å². The van der Waals surface area contributed by atoms with E-state index in [4.69, 9.17) is 15.2 Å². The number of carbonyl (C=O) groups is 2. The van der Waals surface area contributed by atoms with Gasteiger partial charge in [-0.1, -0.05) is 48.5 Å². The van der Waals surface area contributed by atoms with Crippen LogP contribution in [0.1, 0.15) is 51.2 Å². The molecule has 236 valence electrons. The lowest BCUT2D eigenvalue weighted by Gasteiger charge is -2.18. The van der Waals surface area contributed by atoms with E-state index in [-0.39, 0.29) is 24.3 Å². The first-order chi connectivity index (χ1) is 21.7. The summed E-state index contributed by atoms with van der Waals surface area (Å²) < 4.78 is 10.6. The number of nitrogen functional groups attached to an aromatic ring is 1. The number of rotatable bonds is 15. The summed E-state index contributed by atoms with van der Waals surface area (Å²) >= 11 is 0. The van der Waals surface area contributed by atoms with E-state index < -0.39 is 6.10 Å². The number of hydrogen-bond acceptors (Lipinski definition) is 8. The van der Waals surface area contributed by atoms with Crippen molar-refractivity contribution in [1.82, 2.24) is 20.9 Å². The largest absolute Gasteiger partial charge is 0.493 e. The topological polar surface area (TPSA) is 148 Å². The maximum absolute atomic E-state index is 12.7. The second-order valence-electron chi connectivity index (χ2n) is 10.9. The van der Waals surface area contributed by atoms with Gasteiger partial charge in [0.05, 0.1) is 26.7 Å². The van der Waals surface area contributed by atoms with Crippen LogP contribution in [0.15, 0.2) is 85.1 Å². The average Bonchev–Trinajstić information content (AvgIpc) is 3.05. The quantitative estimate of drug-likeness (QED) is 0.137. The summed E-state index contributed by atoms with van der Waals surface area (Å²) in [6.45, 7) is 3.15. The van der Waals surface area contributed by atoms with Crippen LogP contribution in [0.2, 0.25) is 0 Å². The van der Waals surface area contributed by atoms with Gasteiger partial charge in [-0.25, -0.2) is 4.98 Å². The highest BCUT2D eigenvalue weighted by atomic mass is 16.5. The molecule has 0 bridgehead atoms. The summed E-state index contributed by atoms with van der Waals surface area (Å²) in [5.41, 5.74) is 10.7. The lowest BCUT2D eigenvalue weighted by molar-refractivity contribution is -0.120.